The molecule has 2 aliphatic rings. The molecule has 2 N–H and O–H groups in total. The SMILES string of the molecule is NC1CN2CCCC2C1=O. The molecule has 3 nitrogen and oxygen atoms in total. The van der Waals surface area contributed by atoms with Gasteiger partial charge >= 0.3 is 0 Å². The third-order valence-corrected chi connectivity index (χ3v) is 2.49. The molecule has 2 atom stereocenters. The Morgan fingerprint density at radius 1 is 1.60 bits per heavy atom. The summed E-state index contributed by atoms with van der Waals surface area (Å²) in [6, 6.07) is 0.000278. The lowest BCUT2D eigenvalue weighted by Gasteiger charge is -2.10. The van der Waals surface area contributed by atoms with Crippen LogP contribution in [0.4, 0.5) is 0 Å². The normalized spacial score (nSPS) is 40.7. The number of hydrogen-bond acceptors (Lipinski definition) is 3. The average molecular weight is 140 g/mol. The van der Waals surface area contributed by atoms with Crippen molar-refractivity contribution in [1.82, 2.24) is 4.90 Å². The van der Waals surface area contributed by atoms with Gasteiger partial charge in [-0.3, -0.25) is 9.69 Å². The molecule has 2 heterocycles. The van der Waals surface area contributed by atoms with Gasteiger partial charge in [0, 0.05) is 6.54 Å². The number of carbonyl (C=O) groups excluding carboxylic acids is 1. The van der Waals surface area contributed by atoms with Gasteiger partial charge in [0.1, 0.15) is 0 Å². The highest BCUT2D eigenvalue weighted by molar-refractivity contribution is 5.91. The fourth-order valence-corrected chi connectivity index (χ4v) is 1.96. The first-order valence-corrected chi connectivity index (χ1v) is 3.82. The largest absolute Gasteiger partial charge is 0.320 e. The Morgan fingerprint density at radius 2 is 2.40 bits per heavy atom. The van der Waals surface area contributed by atoms with E-state index in [0.717, 1.165) is 19.5 Å². The van der Waals surface area contributed by atoms with Gasteiger partial charge in [-0.2, -0.15) is 0 Å². The number of hydrogen-bond donors (Lipinski definition) is 1. The number of carbonyl (C=O) groups is 1. The second kappa shape index (κ2) is 2.04. The van der Waals surface area contributed by atoms with Gasteiger partial charge in [-0.25, -0.2) is 0 Å². The maximum Gasteiger partial charge on any atom is 0.167 e. The van der Waals surface area contributed by atoms with Gasteiger partial charge in [0.2, 0.25) is 0 Å². The Morgan fingerprint density at radius 3 is 3.10 bits per heavy atom. The van der Waals surface area contributed by atoms with Crippen LogP contribution >= 0.6 is 0 Å². The van der Waals surface area contributed by atoms with Crippen molar-refractivity contribution in [2.24, 2.45) is 5.73 Å². The van der Waals surface area contributed by atoms with Crippen molar-refractivity contribution in [3.8, 4) is 0 Å². The minimum Gasteiger partial charge on any atom is -0.320 e. The van der Waals surface area contributed by atoms with Crippen molar-refractivity contribution in [1.29, 1.82) is 0 Å². The van der Waals surface area contributed by atoms with Crippen LogP contribution < -0.4 is 5.73 Å². The first-order chi connectivity index (χ1) is 4.79. The molecule has 2 rings (SSSR count). The Bertz CT molecular complexity index is 169. The minimum absolute atomic E-state index is 0.190. The summed E-state index contributed by atoms with van der Waals surface area (Å²) in [5.74, 6) is 0.262. The van der Waals surface area contributed by atoms with E-state index in [9.17, 15) is 4.79 Å². The van der Waals surface area contributed by atoms with Crippen molar-refractivity contribution in [3.05, 3.63) is 0 Å². The Balaban J connectivity index is 2.17. The van der Waals surface area contributed by atoms with Gasteiger partial charge in [0.05, 0.1) is 12.1 Å². The highest BCUT2D eigenvalue weighted by Crippen LogP contribution is 2.23. The van der Waals surface area contributed by atoms with Crippen LogP contribution in [0.5, 0.6) is 0 Å². The van der Waals surface area contributed by atoms with E-state index in [0.29, 0.717) is 0 Å². The summed E-state index contributed by atoms with van der Waals surface area (Å²) in [6.07, 6.45) is 2.20. The first kappa shape index (κ1) is 6.31. The molecule has 0 aliphatic carbocycles. The van der Waals surface area contributed by atoms with E-state index in [1.54, 1.807) is 0 Å². The summed E-state index contributed by atoms with van der Waals surface area (Å²) in [6.45, 7) is 1.87. The molecule has 0 aromatic heterocycles. The molecular weight excluding hydrogens is 128 g/mol. The zero-order valence-corrected chi connectivity index (χ0v) is 5.92. The molecule has 0 aromatic rings. The van der Waals surface area contributed by atoms with Crippen LogP contribution in [0.15, 0.2) is 0 Å². The zero-order valence-electron chi connectivity index (χ0n) is 5.92. The van der Waals surface area contributed by atoms with Crippen LogP contribution in [0.25, 0.3) is 0 Å². The highest BCUT2D eigenvalue weighted by Gasteiger charge is 2.40. The highest BCUT2D eigenvalue weighted by atomic mass is 16.1. The molecule has 56 valence electrons. The lowest BCUT2D eigenvalue weighted by atomic mass is 10.1. The number of Topliss-reactive ketones (excluding diaryl/α,β-unsaturated/α-hetero) is 1. The average Bonchev–Trinajstić information content (AvgIpc) is 2.41. The Hall–Kier alpha value is -0.410. The molecular formula is C7H12N2O. The molecule has 2 saturated heterocycles. The second-order valence-corrected chi connectivity index (χ2v) is 3.16. The number of ketones is 1. The summed E-state index contributed by atoms with van der Waals surface area (Å²) < 4.78 is 0. The van der Waals surface area contributed by atoms with E-state index in [4.69, 9.17) is 5.73 Å². The van der Waals surface area contributed by atoms with E-state index >= 15 is 0 Å². The summed E-state index contributed by atoms with van der Waals surface area (Å²) >= 11 is 0. The monoisotopic (exact) mass is 140 g/mol. The van der Waals surface area contributed by atoms with E-state index in [1.165, 1.54) is 6.42 Å². The van der Waals surface area contributed by atoms with E-state index in [1.807, 2.05) is 0 Å². The van der Waals surface area contributed by atoms with Crippen LogP contribution in [-0.4, -0.2) is 35.9 Å². The van der Waals surface area contributed by atoms with E-state index in [2.05, 4.69) is 4.90 Å². The molecule has 0 radical (unpaired) electrons. The predicted octanol–water partition coefficient (Wildman–Crippen LogP) is -0.639. The van der Waals surface area contributed by atoms with Crippen molar-refractivity contribution in [2.45, 2.75) is 24.9 Å². The summed E-state index contributed by atoms with van der Waals surface area (Å²) in [7, 11) is 0. The van der Waals surface area contributed by atoms with Gasteiger partial charge in [-0.05, 0) is 19.4 Å². The summed E-state index contributed by atoms with van der Waals surface area (Å²) in [5.41, 5.74) is 5.58. The second-order valence-electron chi connectivity index (χ2n) is 3.16. The molecule has 10 heavy (non-hydrogen) atoms. The first-order valence-electron chi connectivity index (χ1n) is 3.82. The van der Waals surface area contributed by atoms with Crippen LogP contribution in [0.2, 0.25) is 0 Å². The topological polar surface area (TPSA) is 46.3 Å². The van der Waals surface area contributed by atoms with Gasteiger partial charge in [-0.1, -0.05) is 0 Å². The number of fused-ring (bicyclic) bond motifs is 1. The van der Waals surface area contributed by atoms with Gasteiger partial charge in [0.25, 0.3) is 0 Å². The van der Waals surface area contributed by atoms with Crippen LogP contribution in [0.3, 0.4) is 0 Å². The van der Waals surface area contributed by atoms with Gasteiger partial charge < -0.3 is 5.73 Å². The molecule has 0 aromatic carbocycles. The maximum absolute atomic E-state index is 11.2. The van der Waals surface area contributed by atoms with Crippen LogP contribution in [0, 0.1) is 0 Å². The summed E-state index contributed by atoms with van der Waals surface area (Å²) in [4.78, 5) is 13.4. The third kappa shape index (κ3) is 0.707. The lowest BCUT2D eigenvalue weighted by molar-refractivity contribution is -0.120. The fourth-order valence-electron chi connectivity index (χ4n) is 1.96. The van der Waals surface area contributed by atoms with Gasteiger partial charge in [0.15, 0.2) is 5.78 Å². The van der Waals surface area contributed by atoms with Gasteiger partial charge in [-0.15, -0.1) is 0 Å². The van der Waals surface area contributed by atoms with Crippen LogP contribution in [0.1, 0.15) is 12.8 Å². The quantitative estimate of drug-likeness (QED) is 0.487. The Kier molecular flexibility index (Phi) is 1.28. The smallest absolute Gasteiger partial charge is 0.167 e. The lowest BCUT2D eigenvalue weighted by Crippen LogP contribution is -2.31. The minimum atomic E-state index is -0.190. The molecule has 2 aliphatic heterocycles. The molecule has 2 unspecified atom stereocenters. The Labute approximate surface area is 60.2 Å². The van der Waals surface area contributed by atoms with Crippen molar-refractivity contribution in [3.63, 3.8) is 0 Å². The number of nitrogens with zero attached hydrogens (tertiary/aromatic N) is 1. The molecule has 0 spiro atoms. The molecule has 2 fully saturated rings. The van der Waals surface area contributed by atoms with E-state index in [-0.39, 0.29) is 17.9 Å². The van der Waals surface area contributed by atoms with Crippen molar-refractivity contribution >= 4 is 5.78 Å². The van der Waals surface area contributed by atoms with Crippen LogP contribution in [-0.2, 0) is 4.79 Å². The number of nitrogens with two attached hydrogens (primary N) is 1. The van der Waals surface area contributed by atoms with E-state index < -0.39 is 0 Å². The van der Waals surface area contributed by atoms with Crippen molar-refractivity contribution < 1.29 is 4.79 Å². The molecule has 0 amide bonds. The summed E-state index contributed by atoms with van der Waals surface area (Å²) in [5, 5.41) is 0. The third-order valence-electron chi connectivity index (χ3n) is 2.49. The number of rotatable bonds is 0. The van der Waals surface area contributed by atoms with Crippen molar-refractivity contribution in [2.75, 3.05) is 13.1 Å². The fraction of sp³-hybridized carbons (Fsp3) is 0.857. The standard InChI is InChI=1S/C7H12N2O/c8-5-4-9-3-1-2-6(9)7(5)10/h5-6H,1-4,8H2. The zero-order chi connectivity index (χ0) is 7.14. The maximum atomic E-state index is 11.2. The molecule has 0 saturated carbocycles. The molecule has 3 heteroatoms. The molecule has 0 bridgehead atoms. The predicted molar refractivity (Wildman–Crippen MR) is 37.6 cm³/mol.